The maximum Gasteiger partial charge on any atom is 0.260 e. The van der Waals surface area contributed by atoms with E-state index in [9.17, 15) is 9.59 Å². The number of anilines is 1. The number of hydrogen-bond acceptors (Lipinski definition) is 3. The van der Waals surface area contributed by atoms with Gasteiger partial charge in [0.05, 0.1) is 0 Å². The van der Waals surface area contributed by atoms with Crippen LogP contribution < -0.4 is 9.64 Å². The van der Waals surface area contributed by atoms with E-state index in [1.54, 1.807) is 24.1 Å². The number of amides is 2. The highest BCUT2D eigenvalue weighted by atomic mass is 16.5. The van der Waals surface area contributed by atoms with Crippen LogP contribution in [-0.4, -0.2) is 43.5 Å². The van der Waals surface area contributed by atoms with Crippen molar-refractivity contribution in [1.29, 1.82) is 0 Å². The van der Waals surface area contributed by atoms with Gasteiger partial charge in [-0.2, -0.15) is 0 Å². The lowest BCUT2D eigenvalue weighted by molar-refractivity contribution is -0.133. The Labute approximate surface area is 166 Å². The lowest BCUT2D eigenvalue weighted by Crippen LogP contribution is -2.35. The highest BCUT2D eigenvalue weighted by Crippen LogP contribution is 2.20. The number of nitrogens with zero attached hydrogens (tertiary/aromatic N) is 2. The minimum absolute atomic E-state index is 0.0395. The van der Waals surface area contributed by atoms with E-state index in [2.05, 4.69) is 0 Å². The van der Waals surface area contributed by atoms with E-state index in [1.807, 2.05) is 48.2 Å². The standard InChI is InChI=1S/C23H28N2O3/c1-18-7-9-19(10-8-18)23(27)24(2)20-11-13-21(14-12-20)28-17-22(26)25-15-5-3-4-6-16-25/h7-14H,3-6,15-17H2,1-2H3. The summed E-state index contributed by atoms with van der Waals surface area (Å²) in [4.78, 5) is 28.4. The second-order valence-electron chi connectivity index (χ2n) is 7.31. The molecule has 0 unspecified atom stereocenters. The van der Waals surface area contributed by atoms with Gasteiger partial charge in [0.1, 0.15) is 5.75 Å². The molecule has 28 heavy (non-hydrogen) atoms. The van der Waals surface area contributed by atoms with E-state index in [-0.39, 0.29) is 18.4 Å². The second-order valence-corrected chi connectivity index (χ2v) is 7.31. The minimum atomic E-state index is -0.0648. The van der Waals surface area contributed by atoms with Crippen molar-refractivity contribution in [1.82, 2.24) is 4.90 Å². The molecule has 148 valence electrons. The summed E-state index contributed by atoms with van der Waals surface area (Å²) in [6.07, 6.45) is 4.53. The van der Waals surface area contributed by atoms with Gasteiger partial charge in [0, 0.05) is 31.4 Å². The number of likely N-dealkylation sites (tertiary alicyclic amines) is 1. The summed E-state index contributed by atoms with van der Waals surface area (Å²) < 4.78 is 5.66. The van der Waals surface area contributed by atoms with Crippen LogP contribution in [0.2, 0.25) is 0 Å². The van der Waals surface area contributed by atoms with Gasteiger partial charge in [-0.25, -0.2) is 0 Å². The number of ether oxygens (including phenoxy) is 1. The largest absolute Gasteiger partial charge is 0.484 e. The second kappa shape index (κ2) is 9.40. The molecule has 0 saturated carbocycles. The van der Waals surface area contributed by atoms with E-state index in [4.69, 9.17) is 4.74 Å². The maximum absolute atomic E-state index is 12.6. The summed E-state index contributed by atoms with van der Waals surface area (Å²) in [6, 6.07) is 14.8. The summed E-state index contributed by atoms with van der Waals surface area (Å²) in [5.41, 5.74) is 2.55. The lowest BCUT2D eigenvalue weighted by atomic mass is 10.1. The Morgan fingerprint density at radius 2 is 1.54 bits per heavy atom. The van der Waals surface area contributed by atoms with Gasteiger partial charge >= 0.3 is 0 Å². The van der Waals surface area contributed by atoms with E-state index < -0.39 is 0 Å². The Kier molecular flexibility index (Phi) is 6.69. The first-order valence-electron chi connectivity index (χ1n) is 9.90. The van der Waals surface area contributed by atoms with Crippen molar-refractivity contribution >= 4 is 17.5 Å². The summed E-state index contributed by atoms with van der Waals surface area (Å²) in [5.74, 6) is 0.603. The molecule has 2 amide bonds. The van der Waals surface area contributed by atoms with Crippen molar-refractivity contribution in [2.45, 2.75) is 32.6 Å². The molecule has 5 nitrogen and oxygen atoms in total. The number of hydrogen-bond donors (Lipinski definition) is 0. The molecule has 0 atom stereocenters. The monoisotopic (exact) mass is 380 g/mol. The van der Waals surface area contributed by atoms with Crippen LogP contribution in [0.4, 0.5) is 5.69 Å². The normalized spacial score (nSPS) is 14.3. The molecular weight excluding hydrogens is 352 g/mol. The number of rotatable bonds is 5. The predicted octanol–water partition coefficient (Wildman–Crippen LogP) is 4.05. The van der Waals surface area contributed by atoms with Crippen LogP contribution in [0.15, 0.2) is 48.5 Å². The molecule has 5 heteroatoms. The Morgan fingerprint density at radius 1 is 0.929 bits per heavy atom. The number of carbonyl (C=O) groups excluding carboxylic acids is 2. The summed E-state index contributed by atoms with van der Waals surface area (Å²) >= 11 is 0. The molecule has 1 aliphatic heterocycles. The summed E-state index contributed by atoms with van der Waals surface area (Å²) in [5, 5.41) is 0. The van der Waals surface area contributed by atoms with Gasteiger partial charge < -0.3 is 14.5 Å². The van der Waals surface area contributed by atoms with Gasteiger partial charge in [0.25, 0.3) is 11.8 Å². The van der Waals surface area contributed by atoms with Gasteiger partial charge in [0.2, 0.25) is 0 Å². The summed E-state index contributed by atoms with van der Waals surface area (Å²) in [6.45, 7) is 3.70. The Bertz CT molecular complexity index is 792. The zero-order valence-electron chi connectivity index (χ0n) is 16.7. The zero-order chi connectivity index (χ0) is 19.9. The van der Waals surface area contributed by atoms with Crippen molar-refractivity contribution in [3.05, 3.63) is 59.7 Å². The molecule has 2 aromatic carbocycles. The molecule has 1 heterocycles. The maximum atomic E-state index is 12.6. The Hall–Kier alpha value is -2.82. The van der Waals surface area contributed by atoms with Crippen LogP contribution in [0.25, 0.3) is 0 Å². The van der Waals surface area contributed by atoms with Crippen LogP contribution in [-0.2, 0) is 4.79 Å². The molecule has 3 rings (SSSR count). The molecule has 1 fully saturated rings. The molecule has 0 N–H and O–H groups in total. The van der Waals surface area contributed by atoms with Gasteiger partial charge in [-0.1, -0.05) is 30.5 Å². The fourth-order valence-corrected chi connectivity index (χ4v) is 3.33. The number of carbonyl (C=O) groups is 2. The average molecular weight is 380 g/mol. The van der Waals surface area contributed by atoms with Crippen LogP contribution in [0.1, 0.15) is 41.6 Å². The third kappa shape index (κ3) is 5.12. The Morgan fingerprint density at radius 3 is 2.14 bits per heavy atom. The molecule has 0 radical (unpaired) electrons. The van der Waals surface area contributed by atoms with Crippen molar-refractivity contribution in [3.63, 3.8) is 0 Å². The van der Waals surface area contributed by atoms with Crippen LogP contribution >= 0.6 is 0 Å². The van der Waals surface area contributed by atoms with Crippen molar-refractivity contribution < 1.29 is 14.3 Å². The molecular formula is C23H28N2O3. The lowest BCUT2D eigenvalue weighted by Gasteiger charge is -2.21. The quantitative estimate of drug-likeness (QED) is 0.786. The molecule has 1 aliphatic rings. The van der Waals surface area contributed by atoms with Gasteiger partial charge in [-0.05, 0) is 56.2 Å². The fraction of sp³-hybridized carbons (Fsp3) is 0.391. The summed E-state index contributed by atoms with van der Waals surface area (Å²) in [7, 11) is 1.75. The van der Waals surface area contributed by atoms with Gasteiger partial charge in [0.15, 0.2) is 6.61 Å². The highest BCUT2D eigenvalue weighted by Gasteiger charge is 2.16. The van der Waals surface area contributed by atoms with E-state index in [1.165, 1.54) is 12.8 Å². The first-order valence-corrected chi connectivity index (χ1v) is 9.90. The SMILES string of the molecule is Cc1ccc(C(=O)N(C)c2ccc(OCC(=O)N3CCCCCC3)cc2)cc1. The molecule has 0 aliphatic carbocycles. The molecule has 0 aromatic heterocycles. The molecule has 1 saturated heterocycles. The first kappa shape index (κ1) is 19.9. The topological polar surface area (TPSA) is 49.9 Å². The Balaban J connectivity index is 1.56. The minimum Gasteiger partial charge on any atom is -0.484 e. The zero-order valence-corrected chi connectivity index (χ0v) is 16.7. The van der Waals surface area contributed by atoms with E-state index in [0.29, 0.717) is 11.3 Å². The van der Waals surface area contributed by atoms with Crippen LogP contribution in [0, 0.1) is 6.92 Å². The van der Waals surface area contributed by atoms with Crippen molar-refractivity contribution in [2.24, 2.45) is 0 Å². The third-order valence-electron chi connectivity index (χ3n) is 5.15. The smallest absolute Gasteiger partial charge is 0.260 e. The number of benzene rings is 2. The predicted molar refractivity (Wildman–Crippen MR) is 111 cm³/mol. The molecule has 0 bridgehead atoms. The number of aryl methyl sites for hydroxylation is 1. The highest BCUT2D eigenvalue weighted by molar-refractivity contribution is 6.05. The van der Waals surface area contributed by atoms with Crippen LogP contribution in [0.5, 0.6) is 5.75 Å². The molecule has 0 spiro atoms. The van der Waals surface area contributed by atoms with Crippen molar-refractivity contribution in [3.8, 4) is 5.75 Å². The fourth-order valence-electron chi connectivity index (χ4n) is 3.33. The van der Waals surface area contributed by atoms with E-state index in [0.717, 1.165) is 37.2 Å². The van der Waals surface area contributed by atoms with Gasteiger partial charge in [-0.3, -0.25) is 9.59 Å². The van der Waals surface area contributed by atoms with Crippen LogP contribution in [0.3, 0.4) is 0 Å². The first-order chi connectivity index (χ1) is 13.5. The van der Waals surface area contributed by atoms with E-state index >= 15 is 0 Å². The third-order valence-corrected chi connectivity index (χ3v) is 5.15. The average Bonchev–Trinajstić information content (AvgIpc) is 3.01. The van der Waals surface area contributed by atoms with Gasteiger partial charge in [-0.15, -0.1) is 0 Å². The molecule has 2 aromatic rings. The van der Waals surface area contributed by atoms with Crippen molar-refractivity contribution in [2.75, 3.05) is 31.6 Å².